The Morgan fingerprint density at radius 1 is 1.33 bits per heavy atom. The molecule has 0 aliphatic heterocycles. The molecule has 1 atom stereocenters. The van der Waals surface area contributed by atoms with E-state index in [1.165, 1.54) is 24.0 Å². The summed E-state index contributed by atoms with van der Waals surface area (Å²) in [7, 11) is 0. The van der Waals surface area contributed by atoms with Crippen LogP contribution in [0.3, 0.4) is 0 Å². The van der Waals surface area contributed by atoms with Crippen molar-refractivity contribution in [2.45, 2.75) is 26.3 Å². The number of anilines is 1. The summed E-state index contributed by atoms with van der Waals surface area (Å²) in [5, 5.41) is 9.76. The van der Waals surface area contributed by atoms with E-state index in [0.29, 0.717) is 17.1 Å². The van der Waals surface area contributed by atoms with Gasteiger partial charge in [-0.15, -0.1) is 0 Å². The molecule has 0 bridgehead atoms. The second-order valence-electron chi connectivity index (χ2n) is 3.75. The first-order chi connectivity index (χ1) is 8.38. The molecule has 0 aromatic heterocycles. The van der Waals surface area contributed by atoms with Gasteiger partial charge in [-0.2, -0.15) is 0 Å². The van der Waals surface area contributed by atoms with Crippen molar-refractivity contribution < 1.29 is 14.7 Å². The Morgan fingerprint density at radius 3 is 2.33 bits per heavy atom. The Hall–Kier alpha value is -1.26. The summed E-state index contributed by atoms with van der Waals surface area (Å²) in [6, 6.07) is 3.67. The first-order valence-electron chi connectivity index (χ1n) is 5.36. The van der Waals surface area contributed by atoms with Crippen molar-refractivity contribution in [2.75, 3.05) is 4.90 Å². The molecular formula is C12H13Cl2NO3. The molecule has 0 heterocycles. The van der Waals surface area contributed by atoms with E-state index in [4.69, 9.17) is 28.3 Å². The third-order valence-corrected chi connectivity index (χ3v) is 3.24. The molecular weight excluding hydrogens is 277 g/mol. The maximum Gasteiger partial charge on any atom is 0.326 e. The first kappa shape index (κ1) is 14.8. The van der Waals surface area contributed by atoms with E-state index in [1.807, 2.05) is 0 Å². The molecule has 1 aromatic carbocycles. The van der Waals surface area contributed by atoms with Crippen molar-refractivity contribution >= 4 is 40.8 Å². The minimum Gasteiger partial charge on any atom is -0.480 e. The van der Waals surface area contributed by atoms with Crippen LogP contribution in [0.1, 0.15) is 20.3 Å². The zero-order valence-electron chi connectivity index (χ0n) is 9.98. The number of halogens is 2. The van der Waals surface area contributed by atoms with Gasteiger partial charge in [0.05, 0.1) is 10.0 Å². The van der Waals surface area contributed by atoms with E-state index in [2.05, 4.69) is 0 Å². The smallest absolute Gasteiger partial charge is 0.326 e. The number of carbonyl (C=O) groups excluding carboxylic acids is 1. The Kier molecular flexibility index (Phi) is 4.99. The Bertz CT molecular complexity index is 476. The second-order valence-corrected chi connectivity index (χ2v) is 4.56. The predicted octanol–water partition coefficient (Wildman–Crippen LogP) is 3.21. The number of carbonyl (C=O) groups is 2. The third kappa shape index (κ3) is 3.15. The van der Waals surface area contributed by atoms with Crippen LogP contribution in [-0.4, -0.2) is 23.0 Å². The van der Waals surface area contributed by atoms with Crippen molar-refractivity contribution in [1.82, 2.24) is 0 Å². The molecule has 0 spiro atoms. The van der Waals surface area contributed by atoms with Gasteiger partial charge < -0.3 is 5.11 Å². The van der Waals surface area contributed by atoms with Gasteiger partial charge in [0.2, 0.25) is 5.91 Å². The molecule has 0 aliphatic rings. The molecule has 6 heteroatoms. The summed E-state index contributed by atoms with van der Waals surface area (Å²) in [6.45, 7) is 3.01. The Morgan fingerprint density at radius 2 is 1.94 bits per heavy atom. The number of hydrogen-bond donors (Lipinski definition) is 1. The van der Waals surface area contributed by atoms with Crippen LogP contribution < -0.4 is 4.90 Å². The summed E-state index contributed by atoms with van der Waals surface area (Å²) < 4.78 is 0. The van der Waals surface area contributed by atoms with Crippen LogP contribution in [0.2, 0.25) is 10.0 Å². The number of amides is 1. The average molecular weight is 290 g/mol. The van der Waals surface area contributed by atoms with Crippen molar-refractivity contribution in [3.63, 3.8) is 0 Å². The molecule has 0 fully saturated rings. The minimum atomic E-state index is -1.06. The molecule has 0 saturated heterocycles. The average Bonchev–Trinajstić information content (AvgIpc) is 2.28. The second kappa shape index (κ2) is 6.07. The SMILES string of the molecule is CCC(C(=O)O)N(C(C)=O)c1ccc(Cl)c(Cl)c1. The van der Waals surface area contributed by atoms with E-state index in [0.717, 1.165) is 0 Å². The molecule has 1 amide bonds. The van der Waals surface area contributed by atoms with E-state index < -0.39 is 12.0 Å². The van der Waals surface area contributed by atoms with Gasteiger partial charge in [0.1, 0.15) is 6.04 Å². The fraction of sp³-hybridized carbons (Fsp3) is 0.333. The first-order valence-corrected chi connectivity index (χ1v) is 6.11. The van der Waals surface area contributed by atoms with Crippen molar-refractivity contribution in [2.24, 2.45) is 0 Å². The lowest BCUT2D eigenvalue weighted by Crippen LogP contribution is -2.44. The van der Waals surface area contributed by atoms with Gasteiger partial charge in [0.15, 0.2) is 0 Å². The lowest BCUT2D eigenvalue weighted by Gasteiger charge is -2.27. The fourth-order valence-electron chi connectivity index (χ4n) is 1.68. The van der Waals surface area contributed by atoms with E-state index in [1.54, 1.807) is 13.0 Å². The highest BCUT2D eigenvalue weighted by atomic mass is 35.5. The molecule has 1 N–H and O–H groups in total. The van der Waals surface area contributed by atoms with Crippen LogP contribution in [0, 0.1) is 0 Å². The fourth-order valence-corrected chi connectivity index (χ4v) is 1.98. The quantitative estimate of drug-likeness (QED) is 0.926. The molecule has 0 radical (unpaired) electrons. The highest BCUT2D eigenvalue weighted by molar-refractivity contribution is 6.42. The summed E-state index contributed by atoms with van der Waals surface area (Å²) in [4.78, 5) is 24.0. The number of carboxylic acid groups (broad SMARTS) is 1. The Labute approximate surface area is 115 Å². The summed E-state index contributed by atoms with van der Waals surface area (Å²) in [5.41, 5.74) is 0.422. The topological polar surface area (TPSA) is 57.6 Å². The van der Waals surface area contributed by atoms with Crippen molar-refractivity contribution in [3.05, 3.63) is 28.2 Å². The van der Waals surface area contributed by atoms with Crippen molar-refractivity contribution in [3.8, 4) is 0 Å². The number of benzene rings is 1. The number of rotatable bonds is 4. The van der Waals surface area contributed by atoms with Gasteiger partial charge in [-0.3, -0.25) is 9.69 Å². The molecule has 18 heavy (non-hydrogen) atoms. The third-order valence-electron chi connectivity index (χ3n) is 2.50. The zero-order chi connectivity index (χ0) is 13.9. The van der Waals surface area contributed by atoms with Crippen molar-refractivity contribution in [1.29, 1.82) is 0 Å². The molecule has 4 nitrogen and oxygen atoms in total. The monoisotopic (exact) mass is 289 g/mol. The van der Waals surface area contributed by atoms with Crippen LogP contribution in [0.25, 0.3) is 0 Å². The van der Waals surface area contributed by atoms with E-state index in [-0.39, 0.29) is 10.9 Å². The molecule has 0 saturated carbocycles. The Balaban J connectivity index is 3.23. The van der Waals surface area contributed by atoms with Gasteiger partial charge in [0.25, 0.3) is 0 Å². The van der Waals surface area contributed by atoms with Gasteiger partial charge in [-0.1, -0.05) is 30.1 Å². The summed E-state index contributed by atoms with van der Waals surface area (Å²) >= 11 is 11.7. The van der Waals surface area contributed by atoms with Crippen LogP contribution >= 0.6 is 23.2 Å². The largest absolute Gasteiger partial charge is 0.480 e. The number of aliphatic carboxylic acids is 1. The van der Waals surface area contributed by atoms with Crippen LogP contribution in [0.4, 0.5) is 5.69 Å². The molecule has 1 unspecified atom stereocenters. The highest BCUT2D eigenvalue weighted by Gasteiger charge is 2.27. The standard InChI is InChI=1S/C12H13Cl2NO3/c1-3-11(12(17)18)15(7(2)16)8-4-5-9(13)10(14)6-8/h4-6,11H,3H2,1-2H3,(H,17,18). The number of hydrogen-bond acceptors (Lipinski definition) is 2. The summed E-state index contributed by atoms with van der Waals surface area (Å²) in [6.07, 6.45) is 0.301. The maximum absolute atomic E-state index is 11.6. The predicted molar refractivity (Wildman–Crippen MR) is 71.3 cm³/mol. The lowest BCUT2D eigenvalue weighted by molar-refractivity contribution is -0.140. The zero-order valence-corrected chi connectivity index (χ0v) is 11.5. The normalized spacial score (nSPS) is 12.0. The highest BCUT2D eigenvalue weighted by Crippen LogP contribution is 2.28. The van der Waals surface area contributed by atoms with E-state index >= 15 is 0 Å². The minimum absolute atomic E-state index is 0.278. The van der Waals surface area contributed by atoms with Gasteiger partial charge >= 0.3 is 5.97 Å². The lowest BCUT2D eigenvalue weighted by atomic mass is 10.1. The van der Waals surface area contributed by atoms with Gasteiger partial charge in [-0.25, -0.2) is 4.79 Å². The number of nitrogens with zero attached hydrogens (tertiary/aromatic N) is 1. The summed E-state index contributed by atoms with van der Waals surface area (Å²) in [5.74, 6) is -1.42. The number of carboxylic acids is 1. The van der Waals surface area contributed by atoms with Gasteiger partial charge in [0, 0.05) is 12.6 Å². The molecule has 1 aromatic rings. The van der Waals surface area contributed by atoms with Gasteiger partial charge in [-0.05, 0) is 24.6 Å². The molecule has 98 valence electrons. The van der Waals surface area contributed by atoms with E-state index in [9.17, 15) is 9.59 Å². The van der Waals surface area contributed by atoms with Crippen LogP contribution in [0.5, 0.6) is 0 Å². The maximum atomic E-state index is 11.6. The molecule has 1 rings (SSSR count). The van der Waals surface area contributed by atoms with Crippen LogP contribution in [0.15, 0.2) is 18.2 Å². The molecule has 0 aliphatic carbocycles. The van der Waals surface area contributed by atoms with Crippen LogP contribution in [-0.2, 0) is 9.59 Å².